The van der Waals surface area contributed by atoms with E-state index in [1.165, 1.54) is 7.05 Å². The number of halogens is 1. The fraction of sp³-hybridized carbons (Fsp3) is 0.211. The Bertz CT molecular complexity index is 1090. The van der Waals surface area contributed by atoms with E-state index in [4.69, 9.17) is 16.3 Å². The number of hydrogen-bond donors (Lipinski definition) is 2. The van der Waals surface area contributed by atoms with E-state index < -0.39 is 33.6 Å². The topological polar surface area (TPSA) is 150 Å². The number of aromatic nitrogens is 1. The lowest BCUT2D eigenvalue weighted by Gasteiger charge is -2.18. The average molecular weight is 433 g/mol. The van der Waals surface area contributed by atoms with Gasteiger partial charge in [0.15, 0.2) is 11.3 Å². The zero-order chi connectivity index (χ0) is 22.6. The Labute approximate surface area is 176 Å². The van der Waals surface area contributed by atoms with Crippen LogP contribution in [0.25, 0.3) is 5.76 Å². The number of ether oxygens (including phenoxy) is 1. The summed E-state index contributed by atoms with van der Waals surface area (Å²) in [5.41, 5.74) is -0.309. The van der Waals surface area contributed by atoms with E-state index in [2.05, 4.69) is 4.98 Å². The highest BCUT2D eigenvalue weighted by Gasteiger charge is 2.26. The molecule has 0 bridgehead atoms. The highest BCUT2D eigenvalue weighted by atomic mass is 35.5. The Kier molecular flexibility index (Phi) is 6.81. The van der Waals surface area contributed by atoms with Gasteiger partial charge in [-0.25, -0.2) is 4.98 Å². The summed E-state index contributed by atoms with van der Waals surface area (Å²) in [6, 6.07) is 5.24. The molecule has 0 spiro atoms. The molecule has 30 heavy (non-hydrogen) atoms. The van der Waals surface area contributed by atoms with Crippen molar-refractivity contribution in [3.05, 3.63) is 61.9 Å². The van der Waals surface area contributed by atoms with Crippen LogP contribution in [0.2, 0.25) is 5.15 Å². The Morgan fingerprint density at radius 3 is 2.67 bits per heavy atom. The maximum Gasteiger partial charge on any atom is 0.315 e. The molecular formula is C19H17ClN4O6. The number of aliphatic hydroxyl groups excluding tert-OH is 1. The van der Waals surface area contributed by atoms with Gasteiger partial charge < -0.3 is 19.8 Å². The van der Waals surface area contributed by atoms with Crippen LogP contribution in [-0.2, 0) is 11.3 Å². The van der Waals surface area contributed by atoms with E-state index >= 15 is 0 Å². The van der Waals surface area contributed by atoms with Crippen LogP contribution >= 0.6 is 11.6 Å². The van der Waals surface area contributed by atoms with Gasteiger partial charge >= 0.3 is 5.69 Å². The molecule has 0 saturated carbocycles. The van der Waals surface area contributed by atoms with Crippen LogP contribution in [0.4, 0.5) is 5.69 Å². The predicted molar refractivity (Wildman–Crippen MR) is 107 cm³/mol. The minimum atomic E-state index is -0.888. The molecule has 1 amide bonds. The van der Waals surface area contributed by atoms with Gasteiger partial charge in [-0.05, 0) is 24.6 Å². The first-order chi connectivity index (χ1) is 14.1. The van der Waals surface area contributed by atoms with Gasteiger partial charge in [0.2, 0.25) is 5.75 Å². The number of carbonyl (C=O) groups excluding carboxylic acids is 1. The summed E-state index contributed by atoms with van der Waals surface area (Å²) in [5, 5.41) is 41.1. The van der Waals surface area contributed by atoms with Crippen LogP contribution in [-0.4, -0.2) is 45.1 Å². The number of phenolic OH excluding ortho intramolecular Hbond substituents is 1. The van der Waals surface area contributed by atoms with Crippen molar-refractivity contribution in [2.75, 3.05) is 14.2 Å². The molecule has 0 fully saturated rings. The number of likely N-dealkylation sites (N-methyl/N-ethyl adjacent to an activating group) is 1. The van der Waals surface area contributed by atoms with Crippen molar-refractivity contribution in [2.45, 2.75) is 13.5 Å². The van der Waals surface area contributed by atoms with E-state index in [9.17, 15) is 30.4 Å². The third-order valence-electron chi connectivity index (χ3n) is 4.11. The summed E-state index contributed by atoms with van der Waals surface area (Å²) in [6.07, 6.45) is 1.56. The van der Waals surface area contributed by atoms with Crippen LogP contribution in [0, 0.1) is 28.4 Å². The molecule has 0 unspecified atom stereocenters. The lowest BCUT2D eigenvalue weighted by atomic mass is 10.1. The summed E-state index contributed by atoms with van der Waals surface area (Å²) in [6.45, 7) is 1.80. The van der Waals surface area contributed by atoms with Crippen LogP contribution in [0.1, 0.15) is 16.7 Å². The highest BCUT2D eigenvalue weighted by molar-refractivity contribution is 6.30. The van der Waals surface area contributed by atoms with Gasteiger partial charge in [-0.2, -0.15) is 5.26 Å². The summed E-state index contributed by atoms with van der Waals surface area (Å²) in [7, 11) is 2.55. The summed E-state index contributed by atoms with van der Waals surface area (Å²) in [4.78, 5) is 28.1. The number of nitriles is 1. The monoisotopic (exact) mass is 432 g/mol. The van der Waals surface area contributed by atoms with Crippen molar-refractivity contribution in [1.82, 2.24) is 9.88 Å². The summed E-state index contributed by atoms with van der Waals surface area (Å²) < 4.78 is 4.86. The first kappa shape index (κ1) is 22.4. The second-order valence-electron chi connectivity index (χ2n) is 6.26. The number of pyridine rings is 1. The van der Waals surface area contributed by atoms with E-state index in [-0.39, 0.29) is 23.0 Å². The molecular weight excluding hydrogens is 416 g/mol. The van der Waals surface area contributed by atoms with Crippen molar-refractivity contribution in [2.24, 2.45) is 0 Å². The standard InChI is InChI=1S/C19H17ClN4O6/c1-10-4-12(18(20)22-8-10)9-23(2)19(27)13(7-21)16(25)11-5-14(24(28)29)17(26)15(6-11)30-3/h4-6,8,25-26H,9H2,1-3H3/b16-13-. The molecule has 1 aromatic carbocycles. The van der Waals surface area contributed by atoms with E-state index in [0.717, 1.165) is 29.7 Å². The van der Waals surface area contributed by atoms with Gasteiger partial charge in [-0.3, -0.25) is 14.9 Å². The number of aliphatic hydroxyl groups is 1. The van der Waals surface area contributed by atoms with Crippen molar-refractivity contribution in [3.63, 3.8) is 0 Å². The quantitative estimate of drug-likeness (QED) is 0.176. The molecule has 1 aromatic heterocycles. The Morgan fingerprint density at radius 2 is 2.10 bits per heavy atom. The third-order valence-corrected chi connectivity index (χ3v) is 4.45. The molecule has 2 N–H and O–H groups in total. The Hall–Kier alpha value is -3.84. The van der Waals surface area contributed by atoms with Crippen molar-refractivity contribution < 1.29 is 24.7 Å². The van der Waals surface area contributed by atoms with Gasteiger partial charge in [0, 0.05) is 37.0 Å². The number of hydrogen-bond acceptors (Lipinski definition) is 8. The zero-order valence-corrected chi connectivity index (χ0v) is 17.0. The number of aryl methyl sites for hydroxylation is 1. The lowest BCUT2D eigenvalue weighted by molar-refractivity contribution is -0.386. The predicted octanol–water partition coefficient (Wildman–Crippen LogP) is 3.12. The van der Waals surface area contributed by atoms with Crippen LogP contribution < -0.4 is 4.74 Å². The summed E-state index contributed by atoms with van der Waals surface area (Å²) >= 11 is 6.04. The fourth-order valence-electron chi connectivity index (χ4n) is 2.61. The SMILES string of the molecule is COc1cc(/C(O)=C(\C#N)C(=O)N(C)Cc2cc(C)cnc2Cl)cc([N+](=O)[O-])c1O. The third kappa shape index (κ3) is 4.59. The number of rotatable bonds is 6. The van der Waals surface area contributed by atoms with Gasteiger partial charge in [0.05, 0.1) is 12.0 Å². The first-order valence-corrected chi connectivity index (χ1v) is 8.74. The van der Waals surface area contributed by atoms with Gasteiger partial charge in [-0.15, -0.1) is 0 Å². The minimum absolute atomic E-state index is 0.00382. The number of nitro groups is 1. The van der Waals surface area contributed by atoms with Crippen molar-refractivity contribution >= 4 is 29.0 Å². The molecule has 156 valence electrons. The number of methoxy groups -OCH3 is 1. The maximum atomic E-state index is 12.7. The molecule has 2 rings (SSSR count). The van der Waals surface area contributed by atoms with Gasteiger partial charge in [0.25, 0.3) is 5.91 Å². The van der Waals surface area contributed by atoms with Gasteiger partial charge in [0.1, 0.15) is 17.0 Å². The van der Waals surface area contributed by atoms with E-state index in [1.54, 1.807) is 25.3 Å². The molecule has 11 heteroatoms. The Morgan fingerprint density at radius 1 is 1.43 bits per heavy atom. The number of amides is 1. The average Bonchev–Trinajstić information content (AvgIpc) is 2.70. The summed E-state index contributed by atoms with van der Waals surface area (Å²) in [5.74, 6) is -2.70. The minimum Gasteiger partial charge on any atom is -0.506 e. The number of nitro benzene ring substituents is 1. The van der Waals surface area contributed by atoms with Gasteiger partial charge in [-0.1, -0.05) is 11.6 Å². The lowest BCUT2D eigenvalue weighted by Crippen LogP contribution is -2.28. The number of benzene rings is 1. The van der Waals surface area contributed by atoms with Crippen molar-refractivity contribution in [3.8, 4) is 17.6 Å². The fourth-order valence-corrected chi connectivity index (χ4v) is 2.78. The molecule has 0 aliphatic heterocycles. The number of nitrogens with zero attached hydrogens (tertiary/aromatic N) is 4. The molecule has 10 nitrogen and oxygen atoms in total. The second kappa shape index (κ2) is 9.11. The molecule has 0 aliphatic carbocycles. The van der Waals surface area contributed by atoms with E-state index in [1.807, 2.05) is 0 Å². The molecule has 0 aliphatic rings. The molecule has 0 saturated heterocycles. The van der Waals surface area contributed by atoms with Crippen LogP contribution in [0.3, 0.4) is 0 Å². The zero-order valence-electron chi connectivity index (χ0n) is 16.2. The highest BCUT2D eigenvalue weighted by Crippen LogP contribution is 2.38. The smallest absolute Gasteiger partial charge is 0.315 e. The van der Waals surface area contributed by atoms with E-state index in [0.29, 0.717) is 5.56 Å². The Balaban J connectivity index is 2.47. The number of phenols is 1. The van der Waals surface area contributed by atoms with Crippen LogP contribution in [0.15, 0.2) is 30.0 Å². The molecule has 2 aromatic rings. The largest absolute Gasteiger partial charge is 0.506 e. The molecule has 1 heterocycles. The van der Waals surface area contributed by atoms with Crippen LogP contribution in [0.5, 0.6) is 11.5 Å². The first-order valence-electron chi connectivity index (χ1n) is 8.36. The van der Waals surface area contributed by atoms with Crippen molar-refractivity contribution in [1.29, 1.82) is 5.26 Å². The molecule has 0 atom stereocenters. The number of aromatic hydroxyl groups is 1. The second-order valence-corrected chi connectivity index (χ2v) is 6.62. The normalized spacial score (nSPS) is 11.3. The molecule has 0 radical (unpaired) electrons. The number of carbonyl (C=O) groups is 1. The maximum absolute atomic E-state index is 12.7.